The molecule has 2 aromatic carbocycles. The van der Waals surface area contributed by atoms with E-state index in [9.17, 15) is 38.2 Å². The molecule has 7 rings (SSSR count). The van der Waals surface area contributed by atoms with Gasteiger partial charge < -0.3 is 19.3 Å². The molecule has 399 valence electrons. The van der Waals surface area contributed by atoms with Crippen LogP contribution in [0, 0.1) is 41.6 Å². The van der Waals surface area contributed by atoms with E-state index >= 15 is 0 Å². The Hall–Kier alpha value is -1.15. The molecule has 17 heteroatoms. The van der Waals surface area contributed by atoms with Crippen LogP contribution in [0.3, 0.4) is 0 Å². The molecule has 4 aliphatic carbocycles. The average molecular weight is 1450 g/mol. The summed E-state index contributed by atoms with van der Waals surface area (Å²) in [6, 6.07) is 13.8. The molecule has 0 spiro atoms. The molecule has 0 aromatic heterocycles. The zero-order chi connectivity index (χ0) is 50.3. The molecule has 5 atom stereocenters. The molecule has 5 fully saturated rings. The van der Waals surface area contributed by atoms with Crippen LogP contribution < -0.4 is 13.3 Å². The third-order valence-corrected chi connectivity index (χ3v) is 17.3. The zero-order valence-electron chi connectivity index (χ0n) is 43.7. The molecule has 2 aromatic rings. The van der Waals surface area contributed by atoms with E-state index in [4.69, 9.17) is 9.36 Å². The largest absolute Gasteiger partial charge is 0.779 e. The van der Waals surface area contributed by atoms with Gasteiger partial charge in [-0.25, -0.2) is 0 Å². The number of nitrogens with one attached hydrogen (secondary N) is 1. The Kier molecular flexibility index (Phi) is 35.2. The third kappa shape index (κ3) is 26.3. The monoisotopic (exact) mass is 1450 g/mol. The van der Waals surface area contributed by atoms with Crippen LogP contribution in [0.1, 0.15) is 201 Å². The van der Waals surface area contributed by atoms with Gasteiger partial charge in [0.05, 0.1) is 6.61 Å². The molecular formula is C55H80Fe2HfHgN2O10P-2. The maximum Gasteiger partial charge on any atom is 0.251 e. The van der Waals surface area contributed by atoms with Gasteiger partial charge in [0.2, 0.25) is 0 Å². The van der Waals surface area contributed by atoms with Crippen LogP contribution in [0.15, 0.2) is 36.4 Å². The maximum atomic E-state index is 12.5. The normalized spacial score (nSPS) is 21.2. The first kappa shape index (κ1) is 68.9. The van der Waals surface area contributed by atoms with Gasteiger partial charge in [-0.2, -0.15) is 0 Å². The fourth-order valence-corrected chi connectivity index (χ4v) is 12.3. The fraction of sp³-hybridized carbons (Fsp3) is 0.673. The van der Waals surface area contributed by atoms with Gasteiger partial charge in [0.1, 0.15) is 13.4 Å². The van der Waals surface area contributed by atoms with Crippen LogP contribution in [0.5, 0.6) is 0 Å². The quantitative estimate of drug-likeness (QED) is 0.0468. The van der Waals surface area contributed by atoms with Gasteiger partial charge in [0.15, 0.2) is 0 Å². The summed E-state index contributed by atoms with van der Waals surface area (Å²) in [7, 11) is -3.62. The molecule has 5 aliphatic rings. The van der Waals surface area contributed by atoms with Gasteiger partial charge in [-0.3, -0.25) is 9.59 Å². The van der Waals surface area contributed by atoms with E-state index < -0.39 is 31.3 Å². The number of nitrogens with zero attached hydrogens (tertiary/aromatic N) is 1. The number of carbonyl (C=O) groups excluding carboxylic acids is 6. The van der Waals surface area contributed by atoms with Gasteiger partial charge in [0.25, 0.3) is 5.91 Å². The second kappa shape index (κ2) is 36.8. The SMILES string of the molecule is C1CCCC1.CC1CC(=O)N(OC(=O)c2ccc(CC(=O)CC3CCC(C)C3C)[c-][c]2[Hg])C1=O.CC1CCCC1.CP(=O)([O-])OCCCCCCNC(=O)c1ccc(CC(=O)CC2CCCC2)cc1.[Fe].[Fe].[Hf]. The van der Waals surface area contributed by atoms with E-state index in [0.29, 0.717) is 78.5 Å². The van der Waals surface area contributed by atoms with Crippen molar-refractivity contribution >= 4 is 45.9 Å². The van der Waals surface area contributed by atoms with Crippen molar-refractivity contribution < 1.29 is 134 Å². The minimum Gasteiger partial charge on any atom is -0.779 e. The standard InChI is InChI=1S/C22H34NO5P.C22H25NO5.C6H12.C5H10.2Fe.Hf.Hg/c1-29(26,27)28-15-7-3-2-6-14-23-22(25)20-12-10-19(11-13-20)17-21(24)16-18-8-4-5-9-18;1-13-4-7-18(15(13)3)12-19(24)11-16-5-8-17(9-6-16)22(27)28-23-20(25)10-14(2)21(23)26;1-6-4-2-3-5-6;1-2-4-5-3-1;;;;/h10-13,18H,2-9,14-17H2,1H3,(H,23,25)(H,26,27);5,8,13-15,18H,4,7,10-12H2,1-3H3;6H,2-5H2,1H3;1-5H2;;;;/q;-1;;;;;;/p-1. The van der Waals surface area contributed by atoms with Crippen molar-refractivity contribution in [3.63, 3.8) is 0 Å². The second-order valence-electron chi connectivity index (χ2n) is 20.7. The average Bonchev–Trinajstić information content (AvgIpc) is 4.18. The second-order valence-corrected chi connectivity index (χ2v) is 25.2. The van der Waals surface area contributed by atoms with Crippen LogP contribution in [0.2, 0.25) is 0 Å². The van der Waals surface area contributed by atoms with Crippen LogP contribution in [-0.4, -0.2) is 60.1 Å². The molecule has 0 radical (unpaired) electrons. The predicted molar refractivity (Wildman–Crippen MR) is 263 cm³/mol. The van der Waals surface area contributed by atoms with E-state index in [1.165, 1.54) is 89.9 Å². The fourth-order valence-electron chi connectivity index (χ4n) is 9.94. The van der Waals surface area contributed by atoms with E-state index in [2.05, 4.69) is 32.2 Å². The summed E-state index contributed by atoms with van der Waals surface area (Å²) in [6.07, 6.45) is 26.0. The molecule has 1 aliphatic heterocycles. The van der Waals surface area contributed by atoms with Crippen LogP contribution in [0.25, 0.3) is 0 Å². The Labute approximate surface area is 487 Å². The van der Waals surface area contributed by atoms with Crippen molar-refractivity contribution in [1.29, 1.82) is 0 Å². The molecule has 1 heterocycles. The van der Waals surface area contributed by atoms with Gasteiger partial charge >= 0.3 is 188 Å². The molecule has 0 bridgehead atoms. The zero-order valence-corrected chi connectivity index (χ0v) is 55.9. The van der Waals surface area contributed by atoms with Crippen molar-refractivity contribution in [3.8, 4) is 0 Å². The summed E-state index contributed by atoms with van der Waals surface area (Å²) < 4.78 is 16.3. The molecule has 3 amide bonds. The van der Waals surface area contributed by atoms with Crippen LogP contribution >= 0.6 is 7.60 Å². The Morgan fingerprint density at radius 3 is 1.86 bits per heavy atom. The predicted octanol–water partition coefficient (Wildman–Crippen LogP) is 10.3. The van der Waals surface area contributed by atoms with E-state index in [1.54, 1.807) is 31.2 Å². The van der Waals surface area contributed by atoms with Crippen molar-refractivity contribution in [2.75, 3.05) is 19.8 Å². The number of hydrogen-bond donors (Lipinski definition) is 1. The first-order chi connectivity index (χ1) is 32.9. The number of rotatable bonds is 19. The number of ketones is 2. The third-order valence-electron chi connectivity index (χ3n) is 14.5. The van der Waals surface area contributed by atoms with Crippen LogP contribution in [-0.2, 0) is 132 Å². The minimum atomic E-state index is -3.62. The number of imide groups is 1. The van der Waals surface area contributed by atoms with Crippen molar-refractivity contribution in [2.45, 2.75) is 182 Å². The molecule has 72 heavy (non-hydrogen) atoms. The van der Waals surface area contributed by atoms with Crippen molar-refractivity contribution in [3.05, 3.63) is 64.7 Å². The van der Waals surface area contributed by atoms with Crippen molar-refractivity contribution in [1.82, 2.24) is 10.4 Å². The summed E-state index contributed by atoms with van der Waals surface area (Å²) in [5.41, 5.74) is 2.64. The summed E-state index contributed by atoms with van der Waals surface area (Å²) in [6.45, 7) is 10.3. The van der Waals surface area contributed by atoms with Gasteiger partial charge in [-0.15, -0.1) is 0 Å². The Morgan fingerprint density at radius 1 is 0.764 bits per heavy atom. The van der Waals surface area contributed by atoms with E-state index in [-0.39, 0.29) is 117 Å². The Morgan fingerprint density at radius 2 is 1.35 bits per heavy atom. The molecule has 4 saturated carbocycles. The summed E-state index contributed by atoms with van der Waals surface area (Å²) in [4.78, 5) is 88.9. The number of hydrogen-bond acceptors (Lipinski definition) is 10. The van der Waals surface area contributed by atoms with E-state index in [1.807, 2.05) is 12.1 Å². The smallest absolute Gasteiger partial charge is 0.251 e. The molecular weight excluding hydrogens is 1370 g/mol. The van der Waals surface area contributed by atoms with Gasteiger partial charge in [0, 0.05) is 91.6 Å². The first-order valence-electron chi connectivity index (χ1n) is 26.2. The number of unbranched alkanes of at least 4 members (excludes halogenated alkanes) is 3. The van der Waals surface area contributed by atoms with Gasteiger partial charge in [-0.05, 0) is 42.4 Å². The molecule has 1 saturated heterocycles. The summed E-state index contributed by atoms with van der Waals surface area (Å²) >= 11 is 0.0546. The van der Waals surface area contributed by atoms with Crippen molar-refractivity contribution in [2.24, 2.45) is 35.5 Å². The number of benzene rings is 2. The van der Waals surface area contributed by atoms with Gasteiger partial charge in [-0.1, -0.05) is 115 Å². The maximum absolute atomic E-state index is 12.5. The number of Topliss-reactive ketones (excluding diaryl/α,β-unsaturated/α-hetero) is 2. The molecule has 5 unspecified atom stereocenters. The number of amides is 3. The van der Waals surface area contributed by atoms with E-state index in [0.717, 1.165) is 52.5 Å². The minimum absolute atomic E-state index is 0. The summed E-state index contributed by atoms with van der Waals surface area (Å²) in [5.74, 6) is 1.52. The Bertz CT molecular complexity index is 2020. The van der Waals surface area contributed by atoms with Crippen LogP contribution in [0.4, 0.5) is 0 Å². The topological polar surface area (TPSA) is 176 Å². The molecule has 1 N–H and O–H groups in total. The Balaban J connectivity index is 0.000000570. The number of carbonyl (C=O) groups is 6. The molecule has 12 nitrogen and oxygen atoms in total. The summed E-state index contributed by atoms with van der Waals surface area (Å²) in [5, 5.41) is 3.46. The first-order valence-corrected chi connectivity index (χ1v) is 30.9. The number of hydroxylamine groups is 2.